The molecule has 3 rings (SSSR count). The second-order valence-electron chi connectivity index (χ2n) is 7.52. The first-order valence-corrected chi connectivity index (χ1v) is 9.61. The van der Waals surface area contributed by atoms with E-state index < -0.39 is 35.4 Å². The first-order chi connectivity index (χ1) is 14.2. The average Bonchev–Trinajstić information content (AvgIpc) is 2.64. The Kier molecular flexibility index (Phi) is 5.82. The van der Waals surface area contributed by atoms with Gasteiger partial charge in [-0.2, -0.15) is 0 Å². The summed E-state index contributed by atoms with van der Waals surface area (Å²) in [5.41, 5.74) is -0.278. The average molecular weight is 412 g/mol. The van der Waals surface area contributed by atoms with Crippen LogP contribution >= 0.6 is 0 Å². The number of hydrogen-bond acceptors (Lipinski definition) is 7. The van der Waals surface area contributed by atoms with Crippen LogP contribution in [0.5, 0.6) is 5.75 Å². The van der Waals surface area contributed by atoms with E-state index in [1.807, 2.05) is 0 Å². The Morgan fingerprint density at radius 3 is 2.33 bits per heavy atom. The van der Waals surface area contributed by atoms with Crippen LogP contribution in [0, 0.1) is 6.92 Å². The minimum Gasteiger partial charge on any atom is -0.483 e. The lowest BCUT2D eigenvalue weighted by Gasteiger charge is -2.43. The first-order valence-electron chi connectivity index (χ1n) is 9.61. The van der Waals surface area contributed by atoms with Crippen molar-refractivity contribution in [2.24, 2.45) is 0 Å². The molecular weight excluding hydrogens is 388 g/mol. The summed E-state index contributed by atoms with van der Waals surface area (Å²) in [4.78, 5) is 36.7. The minimum absolute atomic E-state index is 0.235. The van der Waals surface area contributed by atoms with Crippen molar-refractivity contribution in [3.63, 3.8) is 0 Å². The number of aryl methyl sites for hydroxylation is 1. The summed E-state index contributed by atoms with van der Waals surface area (Å²) in [5.74, 6) is -0.837. The third-order valence-electron chi connectivity index (χ3n) is 4.83. The summed E-state index contributed by atoms with van der Waals surface area (Å²) < 4.78 is 22.9. The quantitative estimate of drug-likeness (QED) is 0.427. The van der Waals surface area contributed by atoms with Gasteiger partial charge < -0.3 is 18.6 Å². The van der Waals surface area contributed by atoms with Crippen molar-refractivity contribution in [2.75, 3.05) is 0 Å². The van der Waals surface area contributed by atoms with Crippen LogP contribution in [0.3, 0.4) is 0 Å². The highest BCUT2D eigenvalue weighted by atomic mass is 16.6. The van der Waals surface area contributed by atoms with E-state index in [1.165, 1.54) is 18.2 Å². The molecule has 0 N–H and O–H groups in total. The van der Waals surface area contributed by atoms with Gasteiger partial charge in [-0.1, -0.05) is 12.2 Å². The summed E-state index contributed by atoms with van der Waals surface area (Å²) in [6.07, 6.45) is 3.59. The number of benzene rings is 1. The predicted molar refractivity (Wildman–Crippen MR) is 110 cm³/mol. The van der Waals surface area contributed by atoms with E-state index in [-0.39, 0.29) is 5.58 Å². The van der Waals surface area contributed by atoms with Crippen LogP contribution in [-0.2, 0) is 19.1 Å². The number of allylic oxidation sites excluding steroid dienone is 2. The molecule has 0 saturated heterocycles. The van der Waals surface area contributed by atoms with Gasteiger partial charge >= 0.3 is 17.6 Å². The number of ether oxygens (including phenoxy) is 3. The molecule has 30 heavy (non-hydrogen) atoms. The molecule has 0 fully saturated rings. The molecule has 7 heteroatoms. The SMILES string of the molecule is C/C=C\C(=O)O[C@H]1c2c(ccc3c(C)cc(=O)oc23)OC(C)(C)[C@H]1OC(=O)/C=C\C. The van der Waals surface area contributed by atoms with E-state index >= 15 is 0 Å². The van der Waals surface area contributed by atoms with Gasteiger partial charge in [-0.3, -0.25) is 0 Å². The smallest absolute Gasteiger partial charge is 0.336 e. The van der Waals surface area contributed by atoms with E-state index in [2.05, 4.69) is 0 Å². The molecule has 0 unspecified atom stereocenters. The van der Waals surface area contributed by atoms with Gasteiger partial charge in [-0.15, -0.1) is 0 Å². The molecule has 2 aromatic rings. The van der Waals surface area contributed by atoms with Crippen LogP contribution in [0.15, 0.2) is 51.7 Å². The summed E-state index contributed by atoms with van der Waals surface area (Å²) >= 11 is 0. The van der Waals surface area contributed by atoms with Crippen LogP contribution in [-0.4, -0.2) is 23.6 Å². The van der Waals surface area contributed by atoms with Gasteiger partial charge in [-0.25, -0.2) is 14.4 Å². The Morgan fingerprint density at radius 2 is 1.70 bits per heavy atom. The van der Waals surface area contributed by atoms with Gasteiger partial charge in [0.2, 0.25) is 0 Å². The molecule has 1 aromatic carbocycles. The lowest BCUT2D eigenvalue weighted by atomic mass is 9.86. The maximum atomic E-state index is 12.4. The molecule has 1 aliphatic rings. The van der Waals surface area contributed by atoms with E-state index in [0.29, 0.717) is 22.3 Å². The Balaban J connectivity index is 2.26. The molecule has 0 aliphatic carbocycles. The molecule has 2 heterocycles. The standard InChI is InChI=1S/C23H24O7/c1-6-8-16(24)27-21-19-15(11-10-14-13(3)12-18(26)28-20(14)19)30-23(4,5)22(21)29-17(25)9-7-2/h6-12,21-22H,1-5H3/b8-6-,9-7-/t21-,22-/m0/s1. The number of hydrogen-bond donors (Lipinski definition) is 0. The Morgan fingerprint density at radius 1 is 1.07 bits per heavy atom. The maximum absolute atomic E-state index is 12.4. The molecule has 0 radical (unpaired) electrons. The third kappa shape index (κ3) is 4.01. The van der Waals surface area contributed by atoms with Gasteiger partial charge in [0.15, 0.2) is 12.2 Å². The molecule has 0 saturated carbocycles. The third-order valence-corrected chi connectivity index (χ3v) is 4.83. The van der Waals surface area contributed by atoms with Gasteiger partial charge in [0.1, 0.15) is 16.9 Å². The number of rotatable bonds is 4. The number of carbonyl (C=O) groups excluding carboxylic acids is 2. The Labute approximate surface area is 173 Å². The second kappa shape index (κ2) is 8.18. The van der Waals surface area contributed by atoms with Crippen molar-refractivity contribution in [3.8, 4) is 5.75 Å². The van der Waals surface area contributed by atoms with Crippen LogP contribution in [0.2, 0.25) is 0 Å². The van der Waals surface area contributed by atoms with Gasteiger partial charge in [0.25, 0.3) is 0 Å². The summed E-state index contributed by atoms with van der Waals surface area (Å²) in [6, 6.07) is 4.89. The largest absolute Gasteiger partial charge is 0.483 e. The zero-order valence-electron chi connectivity index (χ0n) is 17.6. The zero-order valence-corrected chi connectivity index (χ0v) is 17.6. The normalized spacial score (nSPS) is 20.2. The second-order valence-corrected chi connectivity index (χ2v) is 7.52. The van der Waals surface area contributed by atoms with Gasteiger partial charge in [0.05, 0.1) is 5.56 Å². The molecule has 7 nitrogen and oxygen atoms in total. The number of fused-ring (bicyclic) bond motifs is 3. The monoisotopic (exact) mass is 412 g/mol. The van der Waals surface area contributed by atoms with Crippen molar-refractivity contribution in [2.45, 2.75) is 52.4 Å². The molecule has 158 valence electrons. The fraction of sp³-hybridized carbons (Fsp3) is 0.348. The maximum Gasteiger partial charge on any atom is 0.336 e. The van der Waals surface area contributed by atoms with Crippen LogP contribution in [0.4, 0.5) is 0 Å². The summed E-state index contributed by atoms with van der Waals surface area (Å²) in [6.45, 7) is 8.62. The van der Waals surface area contributed by atoms with Gasteiger partial charge in [0, 0.05) is 23.6 Å². The van der Waals surface area contributed by atoms with Crippen LogP contribution in [0.1, 0.15) is 44.9 Å². The molecule has 1 aliphatic heterocycles. The first kappa shape index (κ1) is 21.4. The topological polar surface area (TPSA) is 92.0 Å². The van der Waals surface area contributed by atoms with Crippen molar-refractivity contribution in [1.82, 2.24) is 0 Å². The number of esters is 2. The van der Waals surface area contributed by atoms with Crippen molar-refractivity contribution in [1.29, 1.82) is 0 Å². The van der Waals surface area contributed by atoms with Crippen molar-refractivity contribution in [3.05, 3.63) is 64.1 Å². The van der Waals surface area contributed by atoms with E-state index in [0.717, 1.165) is 0 Å². The number of carbonyl (C=O) groups is 2. The lowest BCUT2D eigenvalue weighted by molar-refractivity contribution is -0.184. The van der Waals surface area contributed by atoms with Crippen LogP contribution in [0.25, 0.3) is 11.0 Å². The van der Waals surface area contributed by atoms with Crippen LogP contribution < -0.4 is 10.4 Å². The predicted octanol–water partition coefficient (Wildman–Crippen LogP) is 3.92. The molecule has 0 amide bonds. The molecule has 2 atom stereocenters. The molecule has 0 spiro atoms. The van der Waals surface area contributed by atoms with E-state index in [1.54, 1.807) is 58.9 Å². The fourth-order valence-corrected chi connectivity index (χ4v) is 3.53. The highest BCUT2D eigenvalue weighted by Gasteiger charge is 2.49. The molecule has 1 aromatic heterocycles. The lowest BCUT2D eigenvalue weighted by Crippen LogP contribution is -2.52. The van der Waals surface area contributed by atoms with Crippen molar-refractivity contribution < 1.29 is 28.2 Å². The Hall–Kier alpha value is -3.35. The molecular formula is C23H24O7. The van der Waals surface area contributed by atoms with Crippen molar-refractivity contribution >= 4 is 22.9 Å². The van der Waals surface area contributed by atoms with Gasteiger partial charge in [-0.05, 0) is 52.3 Å². The van der Waals surface area contributed by atoms with E-state index in [9.17, 15) is 14.4 Å². The fourth-order valence-electron chi connectivity index (χ4n) is 3.53. The zero-order chi connectivity index (χ0) is 22.1. The summed E-state index contributed by atoms with van der Waals surface area (Å²) in [7, 11) is 0. The minimum atomic E-state index is -1.05. The molecule has 0 bridgehead atoms. The van der Waals surface area contributed by atoms with E-state index in [4.69, 9.17) is 18.6 Å². The summed E-state index contributed by atoms with van der Waals surface area (Å²) in [5, 5.41) is 0.669. The highest BCUT2D eigenvalue weighted by Crippen LogP contribution is 2.46. The Bertz CT molecular complexity index is 1100. The highest BCUT2D eigenvalue weighted by molar-refractivity contribution is 5.87.